The second kappa shape index (κ2) is 5.33. The minimum Gasteiger partial charge on any atom is -0.477 e. The van der Waals surface area contributed by atoms with Crippen molar-refractivity contribution in [2.45, 2.75) is 19.4 Å². The molecule has 0 saturated carbocycles. The van der Waals surface area contributed by atoms with Gasteiger partial charge in [-0.2, -0.15) is 0 Å². The van der Waals surface area contributed by atoms with Gasteiger partial charge >= 0.3 is 5.97 Å². The van der Waals surface area contributed by atoms with Gasteiger partial charge in [0.15, 0.2) is 0 Å². The van der Waals surface area contributed by atoms with E-state index in [1.54, 1.807) is 6.92 Å². The normalized spacial score (nSPS) is 11.5. The monoisotopic (exact) mass is 237 g/mol. The van der Waals surface area contributed by atoms with Crippen molar-refractivity contribution in [1.29, 1.82) is 0 Å². The van der Waals surface area contributed by atoms with E-state index in [2.05, 4.69) is 11.2 Å². The number of carboxylic acids is 1. The Kier molecular flexibility index (Phi) is 4.09. The van der Waals surface area contributed by atoms with E-state index < -0.39 is 5.97 Å². The summed E-state index contributed by atoms with van der Waals surface area (Å²) in [5.41, 5.74) is 0. The second-order valence-electron chi connectivity index (χ2n) is 3.25. The van der Waals surface area contributed by atoms with Gasteiger partial charge in [0.05, 0.1) is 4.88 Å². The number of carbonyl (C=O) groups is 2. The molecule has 0 aliphatic carbocycles. The smallest absolute Gasteiger partial charge is 0.345 e. The fraction of sp³-hybridized carbons (Fsp3) is 0.273. The van der Waals surface area contributed by atoms with Gasteiger partial charge in [-0.05, 0) is 19.1 Å². The minimum absolute atomic E-state index is 0.118. The predicted molar refractivity (Wildman–Crippen MR) is 61.7 cm³/mol. The van der Waals surface area contributed by atoms with Gasteiger partial charge in [0, 0.05) is 12.5 Å². The Morgan fingerprint density at radius 3 is 2.69 bits per heavy atom. The molecule has 16 heavy (non-hydrogen) atoms. The van der Waals surface area contributed by atoms with Gasteiger partial charge in [-0.1, -0.05) is 0 Å². The standard InChI is InChI=1S/C11H11NO3S/c1-3-4-7(2)12-10(13)8-5-6-9(16-8)11(14)15/h1,5-7H,4H2,2H3,(H,12,13)(H,14,15). The second-order valence-corrected chi connectivity index (χ2v) is 4.34. The summed E-state index contributed by atoms with van der Waals surface area (Å²) < 4.78 is 0. The number of hydrogen-bond acceptors (Lipinski definition) is 3. The van der Waals surface area contributed by atoms with E-state index in [4.69, 9.17) is 11.5 Å². The lowest BCUT2D eigenvalue weighted by Gasteiger charge is -2.09. The summed E-state index contributed by atoms with van der Waals surface area (Å²) in [6, 6.07) is 2.78. The number of thiophene rings is 1. The molecule has 1 amide bonds. The van der Waals surface area contributed by atoms with Crippen LogP contribution in [0.15, 0.2) is 12.1 Å². The lowest BCUT2D eigenvalue weighted by molar-refractivity contribution is 0.0702. The van der Waals surface area contributed by atoms with E-state index in [0.29, 0.717) is 11.3 Å². The van der Waals surface area contributed by atoms with Gasteiger partial charge in [0.1, 0.15) is 4.88 Å². The van der Waals surface area contributed by atoms with Gasteiger partial charge in [-0.15, -0.1) is 23.7 Å². The molecule has 1 unspecified atom stereocenters. The summed E-state index contributed by atoms with van der Waals surface area (Å²) in [7, 11) is 0. The summed E-state index contributed by atoms with van der Waals surface area (Å²) >= 11 is 0.946. The van der Waals surface area contributed by atoms with Gasteiger partial charge in [0.2, 0.25) is 0 Å². The molecule has 0 spiro atoms. The third-order valence-corrected chi connectivity index (χ3v) is 2.91. The molecule has 0 fully saturated rings. The van der Waals surface area contributed by atoms with E-state index in [1.807, 2.05) is 0 Å². The maximum Gasteiger partial charge on any atom is 0.345 e. The van der Waals surface area contributed by atoms with Crippen LogP contribution in [0.1, 0.15) is 32.7 Å². The van der Waals surface area contributed by atoms with Crippen LogP contribution in [0.4, 0.5) is 0 Å². The van der Waals surface area contributed by atoms with Crippen molar-refractivity contribution >= 4 is 23.2 Å². The highest BCUT2D eigenvalue weighted by atomic mass is 32.1. The first-order valence-corrected chi connectivity index (χ1v) is 5.43. The van der Waals surface area contributed by atoms with Crippen LogP contribution in [-0.2, 0) is 0 Å². The van der Waals surface area contributed by atoms with Crippen molar-refractivity contribution in [3.63, 3.8) is 0 Å². The number of carbonyl (C=O) groups excluding carboxylic acids is 1. The summed E-state index contributed by atoms with van der Waals surface area (Å²) in [5, 5.41) is 11.4. The van der Waals surface area contributed by atoms with Crippen LogP contribution in [0.3, 0.4) is 0 Å². The van der Waals surface area contributed by atoms with Crippen LogP contribution in [0.2, 0.25) is 0 Å². The molecule has 2 N–H and O–H groups in total. The van der Waals surface area contributed by atoms with E-state index in [-0.39, 0.29) is 16.8 Å². The molecule has 1 rings (SSSR count). The summed E-state index contributed by atoms with van der Waals surface area (Å²) in [4.78, 5) is 22.7. The zero-order valence-corrected chi connectivity index (χ0v) is 9.50. The zero-order chi connectivity index (χ0) is 12.1. The lowest BCUT2D eigenvalue weighted by atomic mass is 10.2. The van der Waals surface area contributed by atoms with Crippen LogP contribution >= 0.6 is 11.3 Å². The number of nitrogens with one attached hydrogen (secondary N) is 1. The van der Waals surface area contributed by atoms with Crippen LogP contribution < -0.4 is 5.32 Å². The molecule has 0 saturated heterocycles. The largest absolute Gasteiger partial charge is 0.477 e. The van der Waals surface area contributed by atoms with E-state index in [9.17, 15) is 9.59 Å². The molecule has 0 aliphatic heterocycles. The number of aromatic carboxylic acids is 1. The number of carboxylic acid groups (broad SMARTS) is 1. The molecule has 1 atom stereocenters. The molecular formula is C11H11NO3S. The SMILES string of the molecule is C#CCC(C)NC(=O)c1ccc(C(=O)O)s1. The molecule has 1 aromatic heterocycles. The molecule has 0 aromatic carbocycles. The maximum absolute atomic E-state index is 11.6. The first kappa shape index (κ1) is 12.3. The van der Waals surface area contributed by atoms with Gasteiger partial charge in [0.25, 0.3) is 5.91 Å². The van der Waals surface area contributed by atoms with Crippen molar-refractivity contribution in [3.05, 3.63) is 21.9 Å². The van der Waals surface area contributed by atoms with E-state index >= 15 is 0 Å². The molecular weight excluding hydrogens is 226 g/mol. The van der Waals surface area contributed by atoms with Crippen LogP contribution in [0.25, 0.3) is 0 Å². The predicted octanol–water partition coefficient (Wildman–Crippen LogP) is 1.59. The Morgan fingerprint density at radius 2 is 2.19 bits per heavy atom. The minimum atomic E-state index is -1.03. The van der Waals surface area contributed by atoms with Crippen molar-refractivity contribution in [3.8, 4) is 12.3 Å². The Hall–Kier alpha value is -1.80. The van der Waals surface area contributed by atoms with Crippen molar-refractivity contribution in [1.82, 2.24) is 5.32 Å². The Labute approximate surface area is 97.3 Å². The highest BCUT2D eigenvalue weighted by molar-refractivity contribution is 7.15. The average molecular weight is 237 g/mol. The zero-order valence-electron chi connectivity index (χ0n) is 8.69. The number of hydrogen-bond donors (Lipinski definition) is 2. The Balaban J connectivity index is 2.67. The highest BCUT2D eigenvalue weighted by Crippen LogP contribution is 2.16. The van der Waals surface area contributed by atoms with Crippen LogP contribution in [0, 0.1) is 12.3 Å². The van der Waals surface area contributed by atoms with Gasteiger partial charge in [-0.3, -0.25) is 4.79 Å². The Bertz CT molecular complexity index is 444. The number of rotatable bonds is 4. The number of amides is 1. The lowest BCUT2D eigenvalue weighted by Crippen LogP contribution is -2.31. The van der Waals surface area contributed by atoms with Gasteiger partial charge < -0.3 is 10.4 Å². The summed E-state index contributed by atoms with van der Waals surface area (Å²) in [6.07, 6.45) is 5.56. The quantitative estimate of drug-likeness (QED) is 0.781. The van der Waals surface area contributed by atoms with Crippen molar-refractivity contribution < 1.29 is 14.7 Å². The first-order valence-electron chi connectivity index (χ1n) is 4.62. The molecule has 0 radical (unpaired) electrons. The molecule has 4 nitrogen and oxygen atoms in total. The summed E-state index contributed by atoms with van der Waals surface area (Å²) in [6.45, 7) is 1.80. The average Bonchev–Trinajstić information content (AvgIpc) is 2.66. The van der Waals surface area contributed by atoms with Gasteiger partial charge in [-0.25, -0.2) is 4.79 Å². The number of terminal acetylenes is 1. The van der Waals surface area contributed by atoms with Crippen LogP contribution in [-0.4, -0.2) is 23.0 Å². The third-order valence-electron chi connectivity index (χ3n) is 1.84. The molecule has 5 heteroatoms. The van der Waals surface area contributed by atoms with Crippen molar-refractivity contribution in [2.24, 2.45) is 0 Å². The van der Waals surface area contributed by atoms with E-state index in [1.165, 1.54) is 12.1 Å². The molecule has 84 valence electrons. The van der Waals surface area contributed by atoms with E-state index in [0.717, 1.165) is 11.3 Å². The summed E-state index contributed by atoms with van der Waals surface area (Å²) in [5.74, 6) is 1.12. The fourth-order valence-corrected chi connectivity index (χ4v) is 1.85. The first-order chi connectivity index (χ1) is 7.54. The topological polar surface area (TPSA) is 66.4 Å². The van der Waals surface area contributed by atoms with Crippen LogP contribution in [0.5, 0.6) is 0 Å². The molecule has 1 aromatic rings. The third kappa shape index (κ3) is 3.11. The Morgan fingerprint density at radius 1 is 1.56 bits per heavy atom. The fourth-order valence-electron chi connectivity index (χ4n) is 1.10. The molecule has 0 bridgehead atoms. The maximum atomic E-state index is 11.6. The molecule has 0 aliphatic rings. The highest BCUT2D eigenvalue weighted by Gasteiger charge is 2.14. The van der Waals surface area contributed by atoms with Crippen molar-refractivity contribution in [2.75, 3.05) is 0 Å². The molecule has 1 heterocycles.